The molecule has 1 atom stereocenters. The number of ether oxygens (including phenoxy) is 1. The molecule has 0 aliphatic heterocycles. The van der Waals surface area contributed by atoms with Gasteiger partial charge in [-0.25, -0.2) is 4.79 Å². The number of alkyl halides is 3. The van der Waals surface area contributed by atoms with Crippen molar-refractivity contribution in [1.29, 1.82) is 0 Å². The summed E-state index contributed by atoms with van der Waals surface area (Å²) in [6.45, 7) is 0. The number of halogens is 3. The average Bonchev–Trinajstić information content (AvgIpc) is 2.87. The maximum absolute atomic E-state index is 12.3. The highest BCUT2D eigenvalue weighted by Gasteiger charge is 2.40. The number of H-pyrrole nitrogens is 1. The molecule has 23 heavy (non-hydrogen) atoms. The van der Waals surface area contributed by atoms with E-state index in [1.54, 1.807) is 18.2 Å². The topological polar surface area (TPSA) is 91.4 Å². The Morgan fingerprint density at radius 2 is 2.09 bits per heavy atom. The van der Waals surface area contributed by atoms with Gasteiger partial charge in [0.05, 0.1) is 7.11 Å². The Balaban J connectivity index is 2.27. The van der Waals surface area contributed by atoms with E-state index in [-0.39, 0.29) is 6.42 Å². The van der Waals surface area contributed by atoms with Gasteiger partial charge in [0.1, 0.15) is 11.8 Å². The van der Waals surface area contributed by atoms with E-state index in [9.17, 15) is 22.8 Å². The molecule has 0 aliphatic rings. The van der Waals surface area contributed by atoms with Gasteiger partial charge in [0.15, 0.2) is 0 Å². The second-order valence-electron chi connectivity index (χ2n) is 4.79. The van der Waals surface area contributed by atoms with E-state index in [0.717, 1.165) is 0 Å². The van der Waals surface area contributed by atoms with Crippen LogP contribution in [0.4, 0.5) is 13.2 Å². The quantitative estimate of drug-likeness (QED) is 0.780. The van der Waals surface area contributed by atoms with Gasteiger partial charge in [-0.2, -0.15) is 13.2 Å². The van der Waals surface area contributed by atoms with E-state index in [1.807, 2.05) is 0 Å². The molecule has 0 fully saturated rings. The fraction of sp³-hybridized carbons (Fsp3) is 0.286. The van der Waals surface area contributed by atoms with Gasteiger partial charge in [-0.15, -0.1) is 0 Å². The molecule has 0 saturated carbocycles. The molecule has 0 saturated heterocycles. The summed E-state index contributed by atoms with van der Waals surface area (Å²) >= 11 is 0. The second-order valence-corrected chi connectivity index (χ2v) is 4.79. The molecule has 6 nitrogen and oxygen atoms in total. The molecule has 0 radical (unpaired) electrons. The molecule has 2 aromatic rings. The van der Waals surface area contributed by atoms with Gasteiger partial charge < -0.3 is 20.1 Å². The van der Waals surface area contributed by atoms with Crippen LogP contribution in [-0.2, 0) is 16.0 Å². The van der Waals surface area contributed by atoms with Gasteiger partial charge in [-0.1, -0.05) is 0 Å². The number of hydrogen-bond acceptors (Lipinski definition) is 3. The molecule has 9 heteroatoms. The standard InChI is InChI=1S/C14H13F3N2O4/c1-23-8-2-3-10-9(5-8)7(6-18-10)4-11(12(20)21)19-13(22)14(15,16)17/h2-3,5-6,11,18H,4H2,1H3,(H,19,22)(H,20,21). The van der Waals surface area contributed by atoms with Gasteiger partial charge in [0, 0.05) is 23.5 Å². The lowest BCUT2D eigenvalue weighted by atomic mass is 10.0. The van der Waals surface area contributed by atoms with Crippen LogP contribution in [0.2, 0.25) is 0 Å². The molecule has 0 aliphatic carbocycles. The lowest BCUT2D eigenvalue weighted by Crippen LogP contribution is -2.47. The smallest absolute Gasteiger partial charge is 0.471 e. The van der Waals surface area contributed by atoms with Crippen LogP contribution in [0.15, 0.2) is 24.4 Å². The van der Waals surface area contributed by atoms with Crippen LogP contribution >= 0.6 is 0 Å². The Bertz CT molecular complexity index is 739. The first kappa shape index (κ1) is 16.7. The van der Waals surface area contributed by atoms with Gasteiger partial charge in [-0.3, -0.25) is 4.79 Å². The molecule has 0 spiro atoms. The summed E-state index contributed by atoms with van der Waals surface area (Å²) in [7, 11) is 1.46. The van der Waals surface area contributed by atoms with E-state index in [2.05, 4.69) is 4.98 Å². The summed E-state index contributed by atoms with van der Waals surface area (Å²) in [5, 5.41) is 11.1. The highest BCUT2D eigenvalue weighted by molar-refractivity contribution is 5.89. The number of aromatic amines is 1. The first-order valence-electron chi connectivity index (χ1n) is 6.47. The number of carbonyl (C=O) groups excluding carboxylic acids is 1. The number of benzene rings is 1. The molecule has 3 N–H and O–H groups in total. The number of carboxylic acid groups (broad SMARTS) is 1. The first-order valence-corrected chi connectivity index (χ1v) is 6.47. The number of aliphatic carboxylic acids is 1. The molecule has 1 unspecified atom stereocenters. The van der Waals surface area contributed by atoms with Crippen molar-refractivity contribution in [1.82, 2.24) is 10.3 Å². The molecule has 1 aromatic heterocycles. The predicted molar refractivity (Wildman–Crippen MR) is 74.2 cm³/mol. The molecular formula is C14H13F3N2O4. The summed E-state index contributed by atoms with van der Waals surface area (Å²) in [6.07, 6.45) is -3.96. The third kappa shape index (κ3) is 3.74. The number of amides is 1. The zero-order valence-electron chi connectivity index (χ0n) is 11.9. The number of hydrogen-bond donors (Lipinski definition) is 3. The maximum atomic E-state index is 12.3. The number of aromatic nitrogens is 1. The number of nitrogens with one attached hydrogen (secondary N) is 2. The Kier molecular flexibility index (Phi) is 4.48. The minimum Gasteiger partial charge on any atom is -0.497 e. The van der Waals surface area contributed by atoms with Gasteiger partial charge in [-0.05, 0) is 23.8 Å². The van der Waals surface area contributed by atoms with Crippen molar-refractivity contribution in [3.63, 3.8) is 0 Å². The molecule has 124 valence electrons. The maximum Gasteiger partial charge on any atom is 0.471 e. The minimum absolute atomic E-state index is 0.301. The van der Waals surface area contributed by atoms with E-state index in [0.29, 0.717) is 22.2 Å². The van der Waals surface area contributed by atoms with Gasteiger partial charge >= 0.3 is 18.1 Å². The van der Waals surface area contributed by atoms with Crippen molar-refractivity contribution in [3.8, 4) is 5.75 Å². The average molecular weight is 330 g/mol. The number of rotatable bonds is 5. The fourth-order valence-corrected chi connectivity index (χ4v) is 2.11. The summed E-state index contributed by atoms with van der Waals surface area (Å²) in [6, 6.07) is 3.31. The molecular weight excluding hydrogens is 317 g/mol. The van der Waals surface area contributed by atoms with Crippen LogP contribution in [0, 0.1) is 0 Å². The van der Waals surface area contributed by atoms with E-state index in [4.69, 9.17) is 9.84 Å². The van der Waals surface area contributed by atoms with Crippen LogP contribution in [0.1, 0.15) is 5.56 Å². The highest BCUT2D eigenvalue weighted by atomic mass is 19.4. The van der Waals surface area contributed by atoms with Crippen LogP contribution < -0.4 is 10.1 Å². The normalized spacial score (nSPS) is 12.9. The predicted octanol–water partition coefficient (Wildman–Crippen LogP) is 1.85. The summed E-state index contributed by atoms with van der Waals surface area (Å²) in [4.78, 5) is 25.0. The zero-order chi connectivity index (χ0) is 17.2. The summed E-state index contributed by atoms with van der Waals surface area (Å²) in [5.74, 6) is -3.33. The van der Waals surface area contributed by atoms with Crippen molar-refractivity contribution >= 4 is 22.8 Å². The Morgan fingerprint density at radius 1 is 1.39 bits per heavy atom. The fourth-order valence-electron chi connectivity index (χ4n) is 2.11. The Labute approximate surface area is 128 Å². The molecule has 1 aromatic carbocycles. The van der Waals surface area contributed by atoms with E-state index < -0.39 is 24.1 Å². The second kappa shape index (κ2) is 6.19. The number of carboxylic acids is 1. The zero-order valence-corrected chi connectivity index (χ0v) is 11.9. The van der Waals surface area contributed by atoms with Crippen LogP contribution in [0.25, 0.3) is 10.9 Å². The molecule has 0 bridgehead atoms. The largest absolute Gasteiger partial charge is 0.497 e. The van der Waals surface area contributed by atoms with Crippen LogP contribution in [0.3, 0.4) is 0 Å². The number of carbonyl (C=O) groups is 2. The summed E-state index contributed by atoms with van der Waals surface area (Å²) < 4.78 is 41.9. The van der Waals surface area contributed by atoms with Crippen molar-refractivity contribution < 1.29 is 32.6 Å². The SMILES string of the molecule is COc1ccc2[nH]cc(CC(NC(=O)C(F)(F)F)C(=O)O)c2c1. The van der Waals surface area contributed by atoms with Crippen molar-refractivity contribution in [2.24, 2.45) is 0 Å². The number of fused-ring (bicyclic) bond motifs is 1. The van der Waals surface area contributed by atoms with Crippen LogP contribution in [0.5, 0.6) is 5.75 Å². The lowest BCUT2D eigenvalue weighted by Gasteiger charge is -2.15. The van der Waals surface area contributed by atoms with Gasteiger partial charge in [0.25, 0.3) is 0 Å². The molecule has 2 rings (SSSR count). The highest BCUT2D eigenvalue weighted by Crippen LogP contribution is 2.25. The Hall–Kier alpha value is -2.71. The molecule has 1 amide bonds. The van der Waals surface area contributed by atoms with E-state index >= 15 is 0 Å². The molecule has 1 heterocycles. The minimum atomic E-state index is -5.14. The summed E-state index contributed by atoms with van der Waals surface area (Å²) in [5.41, 5.74) is 1.13. The monoisotopic (exact) mass is 330 g/mol. The third-order valence-electron chi connectivity index (χ3n) is 3.26. The Morgan fingerprint density at radius 3 is 2.65 bits per heavy atom. The van der Waals surface area contributed by atoms with Crippen LogP contribution in [-0.4, -0.2) is 41.3 Å². The number of methoxy groups -OCH3 is 1. The van der Waals surface area contributed by atoms with E-state index in [1.165, 1.54) is 18.6 Å². The first-order chi connectivity index (χ1) is 10.7. The third-order valence-corrected chi connectivity index (χ3v) is 3.26. The van der Waals surface area contributed by atoms with Gasteiger partial charge in [0.2, 0.25) is 0 Å². The van der Waals surface area contributed by atoms with Crippen molar-refractivity contribution in [2.45, 2.75) is 18.6 Å². The van der Waals surface area contributed by atoms with Crippen molar-refractivity contribution in [3.05, 3.63) is 30.0 Å². The lowest BCUT2D eigenvalue weighted by molar-refractivity contribution is -0.175. The van der Waals surface area contributed by atoms with Crippen molar-refractivity contribution in [2.75, 3.05) is 7.11 Å².